The molecule has 0 bridgehead atoms. The van der Waals surface area contributed by atoms with E-state index in [1.807, 2.05) is 24.0 Å². The molecule has 0 atom stereocenters. The summed E-state index contributed by atoms with van der Waals surface area (Å²) in [5, 5.41) is 2.98. The maximum Gasteiger partial charge on any atom is 0.263 e. The van der Waals surface area contributed by atoms with E-state index < -0.39 is 0 Å². The minimum atomic E-state index is -0.208. The minimum absolute atomic E-state index is 0.120. The molecule has 1 N–H and O–H groups in total. The summed E-state index contributed by atoms with van der Waals surface area (Å²) in [5.41, 5.74) is -0.208. The summed E-state index contributed by atoms with van der Waals surface area (Å²) in [4.78, 5) is 28.4. The van der Waals surface area contributed by atoms with Crippen LogP contribution in [0.1, 0.15) is 40.2 Å². The normalized spacial score (nSPS) is 21.9. The molecule has 4 nitrogen and oxygen atoms in total. The molecule has 2 aliphatic rings. The van der Waals surface area contributed by atoms with Gasteiger partial charge in [-0.1, -0.05) is 0 Å². The predicted molar refractivity (Wildman–Crippen MR) is 78.9 cm³/mol. The van der Waals surface area contributed by atoms with Crippen LogP contribution in [0.3, 0.4) is 0 Å². The molecule has 0 aliphatic carbocycles. The van der Waals surface area contributed by atoms with Crippen molar-refractivity contribution in [3.63, 3.8) is 0 Å². The fraction of sp³-hybridized carbons (Fsp3) is 0.600. The van der Waals surface area contributed by atoms with Crippen molar-refractivity contribution in [3.05, 3.63) is 21.9 Å². The van der Waals surface area contributed by atoms with Crippen LogP contribution in [-0.4, -0.2) is 36.3 Å². The zero-order chi connectivity index (χ0) is 14.2. The highest BCUT2D eigenvalue weighted by molar-refractivity contribution is 7.13. The number of carbonyl (C=O) groups is 2. The summed E-state index contributed by atoms with van der Waals surface area (Å²) in [6.07, 6.45) is 3.63. The molecule has 0 unspecified atom stereocenters. The van der Waals surface area contributed by atoms with Gasteiger partial charge in [-0.2, -0.15) is 0 Å². The molecule has 2 fully saturated rings. The number of likely N-dealkylation sites (tertiary alicyclic amines) is 1. The van der Waals surface area contributed by atoms with Crippen LogP contribution in [0.2, 0.25) is 0 Å². The Morgan fingerprint density at radius 1 is 1.30 bits per heavy atom. The van der Waals surface area contributed by atoms with Crippen LogP contribution in [0, 0.1) is 12.3 Å². The van der Waals surface area contributed by atoms with Gasteiger partial charge in [0, 0.05) is 24.5 Å². The van der Waals surface area contributed by atoms with E-state index in [0.29, 0.717) is 13.1 Å². The van der Waals surface area contributed by atoms with Crippen LogP contribution >= 0.6 is 11.3 Å². The van der Waals surface area contributed by atoms with Gasteiger partial charge in [-0.15, -0.1) is 11.3 Å². The molecular formula is C15H20N2O2S. The van der Waals surface area contributed by atoms with Crippen molar-refractivity contribution in [1.29, 1.82) is 0 Å². The monoisotopic (exact) mass is 292 g/mol. The maximum atomic E-state index is 12.4. The van der Waals surface area contributed by atoms with Gasteiger partial charge in [0.1, 0.15) is 0 Å². The predicted octanol–water partition coefficient (Wildman–Crippen LogP) is 2.19. The summed E-state index contributed by atoms with van der Waals surface area (Å²) in [6.45, 7) is 4.21. The molecule has 20 heavy (non-hydrogen) atoms. The molecule has 0 radical (unpaired) electrons. The first-order chi connectivity index (χ1) is 9.61. The lowest BCUT2D eigenvalue weighted by atomic mass is 9.72. The van der Waals surface area contributed by atoms with Gasteiger partial charge in [0.15, 0.2) is 0 Å². The summed E-state index contributed by atoms with van der Waals surface area (Å²) >= 11 is 1.55. The van der Waals surface area contributed by atoms with Crippen LogP contribution < -0.4 is 5.32 Å². The molecule has 2 amide bonds. The lowest BCUT2D eigenvalue weighted by Crippen LogP contribution is -2.52. The quantitative estimate of drug-likeness (QED) is 0.862. The molecule has 3 rings (SSSR count). The van der Waals surface area contributed by atoms with Crippen molar-refractivity contribution >= 4 is 23.2 Å². The van der Waals surface area contributed by atoms with Crippen molar-refractivity contribution in [3.8, 4) is 0 Å². The van der Waals surface area contributed by atoms with Crippen LogP contribution in [0.5, 0.6) is 0 Å². The van der Waals surface area contributed by atoms with E-state index in [4.69, 9.17) is 0 Å². The van der Waals surface area contributed by atoms with Gasteiger partial charge in [-0.3, -0.25) is 9.59 Å². The number of carbonyl (C=O) groups excluding carboxylic acids is 2. The smallest absolute Gasteiger partial charge is 0.263 e. The Bertz CT molecular complexity index is 530. The summed E-state index contributed by atoms with van der Waals surface area (Å²) in [6, 6.07) is 3.89. The highest BCUT2D eigenvalue weighted by Gasteiger charge is 2.43. The maximum absolute atomic E-state index is 12.4. The standard InChI is InChI=1S/C15H20N2O2S/c1-11-3-4-12(20-11)13(18)17-9-6-15(7-10-17)5-2-8-16-14(15)19/h3-4H,2,5-10H2,1H3,(H,16,19). The minimum Gasteiger partial charge on any atom is -0.356 e. The molecule has 0 saturated carbocycles. The highest BCUT2D eigenvalue weighted by Crippen LogP contribution is 2.38. The van der Waals surface area contributed by atoms with E-state index in [9.17, 15) is 9.59 Å². The Kier molecular flexibility index (Phi) is 3.54. The third-order valence-corrected chi connectivity index (χ3v) is 5.55. The third kappa shape index (κ3) is 2.35. The third-order valence-electron chi connectivity index (χ3n) is 4.56. The largest absolute Gasteiger partial charge is 0.356 e. The van der Waals surface area contributed by atoms with Crippen LogP contribution in [0.4, 0.5) is 0 Å². The van der Waals surface area contributed by atoms with Crippen molar-refractivity contribution < 1.29 is 9.59 Å². The first-order valence-electron chi connectivity index (χ1n) is 7.25. The second kappa shape index (κ2) is 5.20. The molecule has 108 valence electrons. The SMILES string of the molecule is Cc1ccc(C(=O)N2CCC3(CCCNC3=O)CC2)s1. The molecule has 0 aromatic carbocycles. The first-order valence-corrected chi connectivity index (χ1v) is 8.06. The topological polar surface area (TPSA) is 49.4 Å². The molecular weight excluding hydrogens is 272 g/mol. The van der Waals surface area contributed by atoms with Crippen LogP contribution in [-0.2, 0) is 4.79 Å². The number of aryl methyl sites for hydroxylation is 1. The van der Waals surface area contributed by atoms with Crippen LogP contribution in [0.15, 0.2) is 12.1 Å². The van der Waals surface area contributed by atoms with E-state index in [1.54, 1.807) is 11.3 Å². The Balaban J connectivity index is 1.66. The number of piperidine rings is 2. The van der Waals surface area contributed by atoms with Gasteiger partial charge in [-0.25, -0.2) is 0 Å². The molecule has 1 spiro atoms. The lowest BCUT2D eigenvalue weighted by molar-refractivity contribution is -0.136. The van der Waals surface area contributed by atoms with Gasteiger partial charge >= 0.3 is 0 Å². The average molecular weight is 292 g/mol. The van der Waals surface area contributed by atoms with Crippen molar-refractivity contribution in [2.75, 3.05) is 19.6 Å². The zero-order valence-corrected chi connectivity index (χ0v) is 12.6. The Morgan fingerprint density at radius 2 is 2.05 bits per heavy atom. The number of thiophene rings is 1. The summed E-state index contributed by atoms with van der Waals surface area (Å²) in [7, 11) is 0. The molecule has 5 heteroatoms. The molecule has 2 saturated heterocycles. The van der Waals surface area contributed by atoms with Crippen molar-refractivity contribution in [2.45, 2.75) is 32.6 Å². The van der Waals surface area contributed by atoms with Gasteiger partial charge < -0.3 is 10.2 Å². The molecule has 3 heterocycles. The Morgan fingerprint density at radius 3 is 2.65 bits per heavy atom. The summed E-state index contributed by atoms with van der Waals surface area (Å²) in [5.74, 6) is 0.317. The van der Waals surface area contributed by atoms with E-state index in [-0.39, 0.29) is 17.2 Å². The van der Waals surface area contributed by atoms with Crippen LogP contribution in [0.25, 0.3) is 0 Å². The number of nitrogens with zero attached hydrogens (tertiary/aromatic N) is 1. The van der Waals surface area contributed by atoms with E-state index in [1.165, 1.54) is 0 Å². The number of rotatable bonds is 1. The van der Waals surface area contributed by atoms with Gasteiger partial charge in [0.2, 0.25) is 5.91 Å². The average Bonchev–Trinajstić information content (AvgIpc) is 2.89. The number of hydrogen-bond donors (Lipinski definition) is 1. The Labute approximate surface area is 123 Å². The molecule has 1 aromatic rings. The highest BCUT2D eigenvalue weighted by atomic mass is 32.1. The second-order valence-corrected chi connectivity index (χ2v) is 7.13. The van der Waals surface area contributed by atoms with Gasteiger partial charge in [0.05, 0.1) is 10.3 Å². The first kappa shape index (κ1) is 13.6. The van der Waals surface area contributed by atoms with E-state index in [0.717, 1.165) is 42.0 Å². The number of hydrogen-bond acceptors (Lipinski definition) is 3. The van der Waals surface area contributed by atoms with Crippen molar-refractivity contribution in [2.24, 2.45) is 5.41 Å². The van der Waals surface area contributed by atoms with Gasteiger partial charge in [0.25, 0.3) is 5.91 Å². The zero-order valence-electron chi connectivity index (χ0n) is 11.8. The molecule has 2 aliphatic heterocycles. The fourth-order valence-corrected chi connectivity index (χ4v) is 4.09. The summed E-state index contributed by atoms with van der Waals surface area (Å²) < 4.78 is 0. The Hall–Kier alpha value is -1.36. The lowest BCUT2D eigenvalue weighted by Gasteiger charge is -2.42. The second-order valence-electron chi connectivity index (χ2n) is 5.84. The van der Waals surface area contributed by atoms with E-state index >= 15 is 0 Å². The fourth-order valence-electron chi connectivity index (χ4n) is 3.25. The van der Waals surface area contributed by atoms with E-state index in [2.05, 4.69) is 5.32 Å². The van der Waals surface area contributed by atoms with Crippen molar-refractivity contribution in [1.82, 2.24) is 10.2 Å². The number of amides is 2. The number of nitrogens with one attached hydrogen (secondary N) is 1. The van der Waals surface area contributed by atoms with Gasteiger partial charge in [-0.05, 0) is 44.7 Å². The molecule has 1 aromatic heterocycles.